The van der Waals surface area contributed by atoms with Crippen molar-refractivity contribution in [3.63, 3.8) is 0 Å². The summed E-state index contributed by atoms with van der Waals surface area (Å²) in [5.74, 6) is 0.294. The molecule has 1 fully saturated rings. The largest absolute Gasteiger partial charge is 0.356 e. The molecule has 0 N–H and O–H groups in total. The lowest BCUT2D eigenvalue weighted by molar-refractivity contribution is -0.136. The lowest BCUT2D eigenvalue weighted by Gasteiger charge is -2.36. The van der Waals surface area contributed by atoms with Gasteiger partial charge in [0.05, 0.1) is 11.1 Å². The van der Waals surface area contributed by atoms with E-state index in [0.717, 1.165) is 0 Å². The van der Waals surface area contributed by atoms with Crippen LogP contribution in [0, 0.1) is 6.92 Å². The third kappa shape index (κ3) is 2.71. The second-order valence-corrected chi connectivity index (χ2v) is 7.77. The molecule has 8 heteroatoms. The summed E-state index contributed by atoms with van der Waals surface area (Å²) in [7, 11) is -2.11. The van der Waals surface area contributed by atoms with Crippen LogP contribution >= 0.6 is 0 Å². The summed E-state index contributed by atoms with van der Waals surface area (Å²) in [5, 5.41) is 3.65. The van der Waals surface area contributed by atoms with Crippen LogP contribution in [0.1, 0.15) is 12.5 Å². The van der Waals surface area contributed by atoms with Crippen molar-refractivity contribution in [2.24, 2.45) is 0 Å². The zero-order valence-electron chi connectivity index (χ0n) is 13.8. The van der Waals surface area contributed by atoms with Crippen LogP contribution in [0.5, 0.6) is 0 Å². The van der Waals surface area contributed by atoms with Crippen LogP contribution in [0.25, 0.3) is 11.3 Å². The molecule has 1 saturated heterocycles. The number of likely N-dealkylation sites (N-methyl/N-ethyl adjacent to an activating group) is 1. The van der Waals surface area contributed by atoms with E-state index < -0.39 is 16.1 Å². The molecule has 24 heavy (non-hydrogen) atoms. The predicted octanol–water partition coefficient (Wildman–Crippen LogP) is 1.50. The molecule has 0 bridgehead atoms. The van der Waals surface area contributed by atoms with E-state index in [1.165, 1.54) is 10.5 Å². The van der Waals surface area contributed by atoms with Crippen LogP contribution in [0.15, 0.2) is 39.9 Å². The highest BCUT2D eigenvalue weighted by Gasteiger charge is 2.38. The number of hydrogen-bond donors (Lipinski definition) is 0. The van der Waals surface area contributed by atoms with Gasteiger partial charge in [-0.25, -0.2) is 8.42 Å². The predicted molar refractivity (Wildman–Crippen MR) is 87.7 cm³/mol. The van der Waals surface area contributed by atoms with Crippen molar-refractivity contribution in [1.82, 2.24) is 14.4 Å². The zero-order valence-corrected chi connectivity index (χ0v) is 14.6. The molecule has 0 radical (unpaired) electrons. The average Bonchev–Trinajstić information content (AvgIpc) is 3.07. The molecule has 1 aromatic carbocycles. The van der Waals surface area contributed by atoms with Crippen LogP contribution < -0.4 is 0 Å². The van der Waals surface area contributed by atoms with Crippen LogP contribution in [-0.4, -0.2) is 54.9 Å². The van der Waals surface area contributed by atoms with Gasteiger partial charge in [-0.15, -0.1) is 0 Å². The quantitative estimate of drug-likeness (QED) is 0.838. The summed E-state index contributed by atoms with van der Waals surface area (Å²) in [6.45, 7) is 4.01. The van der Waals surface area contributed by atoms with Gasteiger partial charge in [0.25, 0.3) is 0 Å². The Morgan fingerprint density at radius 2 is 2.00 bits per heavy atom. The molecule has 1 atom stereocenters. The third-order valence-electron chi connectivity index (χ3n) is 4.32. The van der Waals surface area contributed by atoms with Gasteiger partial charge in [-0.05, 0) is 25.5 Å². The zero-order chi connectivity index (χ0) is 17.5. The first-order valence-electron chi connectivity index (χ1n) is 7.61. The van der Waals surface area contributed by atoms with Gasteiger partial charge in [0, 0.05) is 31.8 Å². The SMILES string of the molecule is Cc1ccc(-c2ccno2)cc1S(=O)(=O)N1CCN(C)C(=O)C1C. The summed E-state index contributed by atoms with van der Waals surface area (Å²) < 4.78 is 32.6. The van der Waals surface area contributed by atoms with E-state index in [4.69, 9.17) is 4.52 Å². The smallest absolute Gasteiger partial charge is 0.244 e. The van der Waals surface area contributed by atoms with E-state index >= 15 is 0 Å². The molecule has 3 rings (SSSR count). The van der Waals surface area contributed by atoms with Gasteiger partial charge in [-0.2, -0.15) is 4.31 Å². The van der Waals surface area contributed by atoms with Gasteiger partial charge < -0.3 is 9.42 Å². The summed E-state index contributed by atoms with van der Waals surface area (Å²) >= 11 is 0. The van der Waals surface area contributed by atoms with E-state index in [2.05, 4.69) is 5.16 Å². The van der Waals surface area contributed by atoms with Gasteiger partial charge in [-0.1, -0.05) is 17.3 Å². The van der Waals surface area contributed by atoms with Crippen molar-refractivity contribution in [2.75, 3.05) is 20.1 Å². The average molecular weight is 349 g/mol. The Balaban J connectivity index is 2.04. The minimum Gasteiger partial charge on any atom is -0.356 e. The first-order valence-corrected chi connectivity index (χ1v) is 9.05. The first kappa shape index (κ1) is 16.7. The minimum absolute atomic E-state index is 0.181. The van der Waals surface area contributed by atoms with Crippen LogP contribution in [0.4, 0.5) is 0 Å². The van der Waals surface area contributed by atoms with Crippen molar-refractivity contribution < 1.29 is 17.7 Å². The fourth-order valence-electron chi connectivity index (χ4n) is 2.85. The molecular weight excluding hydrogens is 330 g/mol. The number of rotatable bonds is 3. The molecule has 1 amide bonds. The number of sulfonamides is 1. The molecule has 0 aliphatic carbocycles. The Bertz CT molecular complexity index is 861. The molecule has 7 nitrogen and oxygen atoms in total. The van der Waals surface area contributed by atoms with Crippen molar-refractivity contribution >= 4 is 15.9 Å². The molecule has 2 aromatic rings. The van der Waals surface area contributed by atoms with Gasteiger partial charge in [0.2, 0.25) is 15.9 Å². The molecule has 1 aliphatic rings. The summed E-state index contributed by atoms with van der Waals surface area (Å²) in [4.78, 5) is 13.9. The van der Waals surface area contributed by atoms with E-state index in [1.807, 2.05) is 0 Å². The molecule has 1 aromatic heterocycles. The monoisotopic (exact) mass is 349 g/mol. The number of benzene rings is 1. The van der Waals surface area contributed by atoms with E-state index in [0.29, 0.717) is 23.4 Å². The Kier molecular flexibility index (Phi) is 4.18. The molecule has 1 unspecified atom stereocenters. The van der Waals surface area contributed by atoms with E-state index in [1.54, 1.807) is 50.1 Å². The molecule has 128 valence electrons. The molecule has 0 spiro atoms. The summed E-state index contributed by atoms with van der Waals surface area (Å²) in [6.07, 6.45) is 1.50. The lowest BCUT2D eigenvalue weighted by atomic mass is 10.1. The maximum Gasteiger partial charge on any atom is 0.244 e. The number of amides is 1. The standard InChI is InChI=1S/C16H19N3O4S/c1-11-4-5-13(14-6-7-17-23-14)10-15(11)24(21,22)19-9-8-18(3)16(20)12(19)2/h4-7,10,12H,8-9H2,1-3H3. The highest BCUT2D eigenvalue weighted by molar-refractivity contribution is 7.89. The lowest BCUT2D eigenvalue weighted by Crippen LogP contribution is -2.56. The maximum absolute atomic E-state index is 13.1. The summed E-state index contributed by atoms with van der Waals surface area (Å²) in [5.41, 5.74) is 1.25. The van der Waals surface area contributed by atoms with Crippen LogP contribution in [0.2, 0.25) is 0 Å². The maximum atomic E-state index is 13.1. The van der Waals surface area contributed by atoms with Crippen molar-refractivity contribution in [3.8, 4) is 11.3 Å². The first-order chi connectivity index (χ1) is 11.3. The second kappa shape index (κ2) is 6.03. The Morgan fingerprint density at radius 3 is 2.67 bits per heavy atom. The highest BCUT2D eigenvalue weighted by atomic mass is 32.2. The highest BCUT2D eigenvalue weighted by Crippen LogP contribution is 2.28. The Hall–Kier alpha value is -2.19. The Morgan fingerprint density at radius 1 is 1.25 bits per heavy atom. The second-order valence-electron chi connectivity index (χ2n) is 5.91. The van der Waals surface area contributed by atoms with E-state index in [9.17, 15) is 13.2 Å². The number of carbonyl (C=O) groups is 1. The number of aryl methyl sites for hydroxylation is 1. The van der Waals surface area contributed by atoms with Crippen LogP contribution in [-0.2, 0) is 14.8 Å². The van der Waals surface area contributed by atoms with Gasteiger partial charge in [-0.3, -0.25) is 4.79 Å². The normalized spacial score (nSPS) is 19.7. The van der Waals surface area contributed by atoms with E-state index in [-0.39, 0.29) is 17.3 Å². The topological polar surface area (TPSA) is 83.7 Å². The van der Waals surface area contributed by atoms with Crippen molar-refractivity contribution in [1.29, 1.82) is 0 Å². The summed E-state index contributed by atoms with van der Waals surface area (Å²) in [6, 6.07) is 6.03. The van der Waals surface area contributed by atoms with Gasteiger partial charge in [0.15, 0.2) is 5.76 Å². The molecule has 2 heterocycles. The molecule has 1 aliphatic heterocycles. The molecule has 0 saturated carbocycles. The van der Waals surface area contributed by atoms with Crippen molar-refractivity contribution in [2.45, 2.75) is 24.8 Å². The van der Waals surface area contributed by atoms with Gasteiger partial charge >= 0.3 is 0 Å². The van der Waals surface area contributed by atoms with Crippen LogP contribution in [0.3, 0.4) is 0 Å². The fraction of sp³-hybridized carbons (Fsp3) is 0.375. The number of hydrogen-bond acceptors (Lipinski definition) is 5. The molecular formula is C16H19N3O4S. The third-order valence-corrected chi connectivity index (χ3v) is 6.43. The van der Waals surface area contributed by atoms with Gasteiger partial charge in [0.1, 0.15) is 6.04 Å². The Labute approximate surface area is 140 Å². The minimum atomic E-state index is -3.79. The number of nitrogens with zero attached hydrogens (tertiary/aromatic N) is 3. The number of piperazine rings is 1. The number of aromatic nitrogens is 1. The number of carbonyl (C=O) groups excluding carboxylic acids is 1. The van der Waals surface area contributed by atoms with Crippen molar-refractivity contribution in [3.05, 3.63) is 36.0 Å². The fourth-order valence-corrected chi connectivity index (χ4v) is 4.68.